The Morgan fingerprint density at radius 2 is 1.93 bits per heavy atom. The maximum Gasteiger partial charge on any atom is 0.307 e. The van der Waals surface area contributed by atoms with E-state index >= 15 is 0 Å². The van der Waals surface area contributed by atoms with Gasteiger partial charge in [-0.3, -0.25) is 4.79 Å². The zero-order valence-corrected chi connectivity index (χ0v) is 7.61. The molecule has 1 aliphatic carbocycles. The minimum Gasteiger partial charge on any atom is -0.481 e. The summed E-state index contributed by atoms with van der Waals surface area (Å²) in [4.78, 5) is 10.8. The Labute approximate surface area is 81.4 Å². The molecule has 14 heavy (non-hydrogen) atoms. The van der Waals surface area contributed by atoms with Crippen molar-refractivity contribution in [3.8, 4) is 0 Å². The molecule has 2 rings (SSSR count). The molecule has 0 amide bonds. The van der Waals surface area contributed by atoms with Crippen LogP contribution in [0.25, 0.3) is 0 Å². The van der Waals surface area contributed by atoms with Gasteiger partial charge in [-0.25, -0.2) is 4.39 Å². The second-order valence-corrected chi connectivity index (χ2v) is 3.68. The van der Waals surface area contributed by atoms with E-state index in [1.54, 1.807) is 12.1 Å². The number of carbonyl (C=O) groups is 1. The largest absolute Gasteiger partial charge is 0.481 e. The normalized spacial score (nSPS) is 25.5. The smallest absolute Gasteiger partial charge is 0.307 e. The highest BCUT2D eigenvalue weighted by Gasteiger charge is 2.37. The molecule has 0 radical (unpaired) electrons. The fourth-order valence-electron chi connectivity index (χ4n) is 1.90. The number of aliphatic carboxylic acids is 1. The lowest BCUT2D eigenvalue weighted by atomic mass is 9.70. The van der Waals surface area contributed by atoms with E-state index in [0.717, 1.165) is 18.4 Å². The summed E-state index contributed by atoms with van der Waals surface area (Å²) in [5, 5.41) is 8.85. The van der Waals surface area contributed by atoms with E-state index in [1.165, 1.54) is 12.1 Å². The molecule has 0 heterocycles. The summed E-state index contributed by atoms with van der Waals surface area (Å²) in [5.74, 6) is -1.22. The average Bonchev–Trinajstić information content (AvgIpc) is 2.05. The van der Waals surface area contributed by atoms with Crippen LogP contribution < -0.4 is 0 Å². The molecule has 0 saturated heterocycles. The highest BCUT2D eigenvalue weighted by Crippen LogP contribution is 2.42. The van der Waals surface area contributed by atoms with Gasteiger partial charge in [-0.1, -0.05) is 12.1 Å². The summed E-state index contributed by atoms with van der Waals surface area (Å²) in [6, 6.07) is 6.11. The van der Waals surface area contributed by atoms with Gasteiger partial charge in [-0.05, 0) is 36.5 Å². The van der Waals surface area contributed by atoms with E-state index in [-0.39, 0.29) is 17.7 Å². The SMILES string of the molecule is O=C(O)[C@H]1CC[C@H]1c1ccc(F)cc1. The summed E-state index contributed by atoms with van der Waals surface area (Å²) in [6.45, 7) is 0. The first-order valence-corrected chi connectivity index (χ1v) is 4.67. The molecule has 1 aliphatic rings. The van der Waals surface area contributed by atoms with Gasteiger partial charge in [0.25, 0.3) is 0 Å². The second kappa shape index (κ2) is 3.40. The molecule has 1 aromatic carbocycles. The maximum absolute atomic E-state index is 12.6. The molecular formula is C11H11FO2. The van der Waals surface area contributed by atoms with Crippen LogP contribution in [-0.4, -0.2) is 11.1 Å². The average molecular weight is 194 g/mol. The van der Waals surface area contributed by atoms with Gasteiger partial charge >= 0.3 is 5.97 Å². The van der Waals surface area contributed by atoms with Crippen LogP contribution in [0.1, 0.15) is 24.3 Å². The molecular weight excluding hydrogens is 183 g/mol. The lowest BCUT2D eigenvalue weighted by Gasteiger charge is -2.33. The van der Waals surface area contributed by atoms with Crippen LogP contribution >= 0.6 is 0 Å². The van der Waals surface area contributed by atoms with Crippen molar-refractivity contribution in [1.29, 1.82) is 0 Å². The van der Waals surface area contributed by atoms with Crippen molar-refractivity contribution in [2.45, 2.75) is 18.8 Å². The van der Waals surface area contributed by atoms with Crippen LogP contribution in [0.4, 0.5) is 4.39 Å². The number of rotatable bonds is 2. The Morgan fingerprint density at radius 1 is 1.29 bits per heavy atom. The standard InChI is InChI=1S/C11H11FO2/c12-8-3-1-7(2-4-8)9-5-6-10(9)11(13)14/h1-4,9-10H,5-6H2,(H,13,14)/t9-,10-/m0/s1. The Morgan fingerprint density at radius 3 is 2.36 bits per heavy atom. The molecule has 1 N–H and O–H groups in total. The van der Waals surface area contributed by atoms with Crippen LogP contribution in [0.3, 0.4) is 0 Å². The fraction of sp³-hybridized carbons (Fsp3) is 0.364. The van der Waals surface area contributed by atoms with Crippen molar-refractivity contribution in [2.75, 3.05) is 0 Å². The second-order valence-electron chi connectivity index (χ2n) is 3.68. The van der Waals surface area contributed by atoms with E-state index in [0.29, 0.717) is 0 Å². The molecule has 74 valence electrons. The third kappa shape index (κ3) is 1.50. The molecule has 1 aromatic rings. The van der Waals surface area contributed by atoms with Crippen LogP contribution in [0.5, 0.6) is 0 Å². The molecule has 2 nitrogen and oxygen atoms in total. The molecule has 0 aliphatic heterocycles. The van der Waals surface area contributed by atoms with E-state index in [9.17, 15) is 9.18 Å². The molecule has 0 spiro atoms. The van der Waals surface area contributed by atoms with Crippen molar-refractivity contribution in [2.24, 2.45) is 5.92 Å². The third-order valence-corrected chi connectivity index (χ3v) is 2.89. The van der Waals surface area contributed by atoms with Crippen molar-refractivity contribution in [3.05, 3.63) is 35.6 Å². The zero-order chi connectivity index (χ0) is 10.1. The number of benzene rings is 1. The minimum atomic E-state index is -0.745. The van der Waals surface area contributed by atoms with Gasteiger partial charge in [0, 0.05) is 0 Å². The van der Waals surface area contributed by atoms with Gasteiger partial charge in [0.1, 0.15) is 5.82 Å². The Hall–Kier alpha value is -1.38. The number of carboxylic acids is 1. The number of halogens is 1. The van der Waals surface area contributed by atoms with Gasteiger partial charge in [0.2, 0.25) is 0 Å². The lowest BCUT2D eigenvalue weighted by molar-refractivity contribution is -0.145. The third-order valence-electron chi connectivity index (χ3n) is 2.89. The number of hydrogen-bond acceptors (Lipinski definition) is 1. The Balaban J connectivity index is 2.16. The van der Waals surface area contributed by atoms with Gasteiger partial charge in [-0.15, -0.1) is 0 Å². The lowest BCUT2D eigenvalue weighted by Crippen LogP contribution is -2.30. The predicted octanol–water partition coefficient (Wildman–Crippen LogP) is 2.40. The molecule has 0 bridgehead atoms. The minimum absolute atomic E-state index is 0.0769. The summed E-state index contributed by atoms with van der Waals surface area (Å²) >= 11 is 0. The van der Waals surface area contributed by atoms with Crippen LogP contribution in [0.2, 0.25) is 0 Å². The predicted molar refractivity (Wildman–Crippen MR) is 49.5 cm³/mol. The van der Waals surface area contributed by atoms with Crippen LogP contribution in [0, 0.1) is 11.7 Å². The summed E-state index contributed by atoms with van der Waals surface area (Å²) in [5.41, 5.74) is 0.935. The van der Waals surface area contributed by atoms with Gasteiger partial charge in [0.05, 0.1) is 5.92 Å². The molecule has 3 heteroatoms. The summed E-state index contributed by atoms with van der Waals surface area (Å²) in [7, 11) is 0. The quantitative estimate of drug-likeness (QED) is 0.784. The molecule has 1 fully saturated rings. The molecule has 2 atom stereocenters. The van der Waals surface area contributed by atoms with Gasteiger partial charge < -0.3 is 5.11 Å². The van der Waals surface area contributed by atoms with E-state index < -0.39 is 5.97 Å². The van der Waals surface area contributed by atoms with Gasteiger partial charge in [-0.2, -0.15) is 0 Å². The summed E-state index contributed by atoms with van der Waals surface area (Å²) in [6.07, 6.45) is 1.62. The molecule has 0 unspecified atom stereocenters. The topological polar surface area (TPSA) is 37.3 Å². The Bertz CT molecular complexity index is 345. The van der Waals surface area contributed by atoms with Crippen LogP contribution in [0.15, 0.2) is 24.3 Å². The van der Waals surface area contributed by atoms with Crippen LogP contribution in [-0.2, 0) is 4.79 Å². The van der Waals surface area contributed by atoms with Crippen molar-refractivity contribution < 1.29 is 14.3 Å². The van der Waals surface area contributed by atoms with E-state index in [1.807, 2.05) is 0 Å². The van der Waals surface area contributed by atoms with E-state index in [2.05, 4.69) is 0 Å². The first-order chi connectivity index (χ1) is 6.68. The fourth-order valence-corrected chi connectivity index (χ4v) is 1.90. The highest BCUT2D eigenvalue weighted by molar-refractivity contribution is 5.72. The Kier molecular flexibility index (Phi) is 2.23. The van der Waals surface area contributed by atoms with Crippen molar-refractivity contribution >= 4 is 5.97 Å². The van der Waals surface area contributed by atoms with Crippen molar-refractivity contribution in [1.82, 2.24) is 0 Å². The summed E-state index contributed by atoms with van der Waals surface area (Å²) < 4.78 is 12.6. The van der Waals surface area contributed by atoms with Gasteiger partial charge in [0.15, 0.2) is 0 Å². The number of carboxylic acid groups (broad SMARTS) is 1. The first-order valence-electron chi connectivity index (χ1n) is 4.67. The number of hydrogen-bond donors (Lipinski definition) is 1. The monoisotopic (exact) mass is 194 g/mol. The van der Waals surface area contributed by atoms with Crippen molar-refractivity contribution in [3.63, 3.8) is 0 Å². The maximum atomic E-state index is 12.6. The first kappa shape index (κ1) is 9.19. The zero-order valence-electron chi connectivity index (χ0n) is 7.61. The van der Waals surface area contributed by atoms with E-state index in [4.69, 9.17) is 5.11 Å². The molecule has 0 aromatic heterocycles. The molecule has 1 saturated carbocycles. The highest BCUT2D eigenvalue weighted by atomic mass is 19.1.